The number of hydrogen-bond donors (Lipinski definition) is 1. The van der Waals surface area contributed by atoms with Gasteiger partial charge in [0.1, 0.15) is 12.4 Å². The highest BCUT2D eigenvalue weighted by Crippen LogP contribution is 2.42. The van der Waals surface area contributed by atoms with Gasteiger partial charge in [-0.1, -0.05) is 69.3 Å². The second kappa shape index (κ2) is 8.03. The van der Waals surface area contributed by atoms with Crippen LogP contribution in [0.2, 0.25) is 0 Å². The van der Waals surface area contributed by atoms with Crippen LogP contribution in [0.4, 0.5) is 0 Å². The Morgan fingerprint density at radius 3 is 2.28 bits per heavy atom. The van der Waals surface area contributed by atoms with E-state index in [1.807, 2.05) is 6.07 Å². The summed E-state index contributed by atoms with van der Waals surface area (Å²) in [7, 11) is 0. The molecule has 1 fully saturated rings. The molecule has 1 atom stereocenters. The number of rotatable bonds is 5. The topological polar surface area (TPSA) is 24.5 Å². The monoisotopic (exact) mass is 338 g/mol. The zero-order valence-corrected chi connectivity index (χ0v) is 15.7. The van der Waals surface area contributed by atoms with Crippen molar-refractivity contribution >= 4 is 0 Å². The van der Waals surface area contributed by atoms with Crippen LogP contribution in [0.1, 0.15) is 37.9 Å². The van der Waals surface area contributed by atoms with Gasteiger partial charge in [0.05, 0.1) is 0 Å². The van der Waals surface area contributed by atoms with Gasteiger partial charge in [0.25, 0.3) is 0 Å². The molecule has 2 aromatic carbocycles. The number of ether oxygens (including phenoxy) is 1. The fraction of sp³-hybridized carbons (Fsp3) is 0.455. The van der Waals surface area contributed by atoms with E-state index in [4.69, 9.17) is 4.74 Å². The van der Waals surface area contributed by atoms with E-state index in [1.54, 1.807) is 0 Å². The van der Waals surface area contributed by atoms with E-state index < -0.39 is 0 Å². The van der Waals surface area contributed by atoms with Crippen molar-refractivity contribution in [2.75, 3.05) is 26.2 Å². The first-order valence-corrected chi connectivity index (χ1v) is 9.26. The molecule has 3 nitrogen and oxygen atoms in total. The van der Waals surface area contributed by atoms with Crippen molar-refractivity contribution in [2.45, 2.75) is 33.4 Å². The van der Waals surface area contributed by atoms with E-state index in [9.17, 15) is 0 Å². The summed E-state index contributed by atoms with van der Waals surface area (Å²) in [5, 5.41) is 3.46. The molecule has 0 bridgehead atoms. The second-order valence-electron chi connectivity index (χ2n) is 7.87. The lowest BCUT2D eigenvalue weighted by Gasteiger charge is -2.43. The molecule has 0 radical (unpaired) electrons. The average Bonchev–Trinajstić information content (AvgIpc) is 2.62. The minimum atomic E-state index is 0.142. The quantitative estimate of drug-likeness (QED) is 0.882. The van der Waals surface area contributed by atoms with Crippen LogP contribution in [0.5, 0.6) is 5.75 Å². The molecule has 25 heavy (non-hydrogen) atoms. The summed E-state index contributed by atoms with van der Waals surface area (Å²) in [5.41, 5.74) is 2.64. The van der Waals surface area contributed by atoms with Gasteiger partial charge in [-0.15, -0.1) is 0 Å². The van der Waals surface area contributed by atoms with Crippen LogP contribution < -0.4 is 10.1 Å². The molecule has 0 aliphatic carbocycles. The van der Waals surface area contributed by atoms with Crippen molar-refractivity contribution in [2.24, 2.45) is 5.41 Å². The Kier molecular flexibility index (Phi) is 5.77. The largest absolute Gasteiger partial charge is 0.489 e. The van der Waals surface area contributed by atoms with E-state index in [0.717, 1.165) is 31.9 Å². The molecule has 1 heterocycles. The minimum absolute atomic E-state index is 0.142. The van der Waals surface area contributed by atoms with Gasteiger partial charge in [-0.2, -0.15) is 0 Å². The maximum absolute atomic E-state index is 6.25. The molecule has 0 saturated carbocycles. The second-order valence-corrected chi connectivity index (χ2v) is 7.87. The van der Waals surface area contributed by atoms with E-state index in [-0.39, 0.29) is 5.41 Å². The summed E-state index contributed by atoms with van der Waals surface area (Å²) in [5.74, 6) is 1.00. The Labute approximate surface area is 152 Å². The average molecular weight is 338 g/mol. The van der Waals surface area contributed by atoms with E-state index in [0.29, 0.717) is 12.6 Å². The summed E-state index contributed by atoms with van der Waals surface area (Å²) in [6, 6.07) is 19.3. The third kappa shape index (κ3) is 4.62. The van der Waals surface area contributed by atoms with Crippen LogP contribution in [0.3, 0.4) is 0 Å². The SMILES string of the molecule is CC(C)(C)[C@@H](c1ccccc1OCc1ccccc1)N1CCNCC1. The van der Waals surface area contributed by atoms with Crippen LogP contribution in [0.15, 0.2) is 54.6 Å². The summed E-state index contributed by atoms with van der Waals surface area (Å²) in [6.07, 6.45) is 0. The highest BCUT2D eigenvalue weighted by atomic mass is 16.5. The van der Waals surface area contributed by atoms with Gasteiger partial charge in [0.15, 0.2) is 0 Å². The van der Waals surface area contributed by atoms with E-state index in [2.05, 4.69) is 79.5 Å². The molecule has 0 amide bonds. The molecule has 1 aliphatic rings. The zero-order valence-electron chi connectivity index (χ0n) is 15.7. The molecular formula is C22H30N2O. The van der Waals surface area contributed by atoms with Gasteiger partial charge < -0.3 is 10.1 Å². The van der Waals surface area contributed by atoms with Crippen molar-refractivity contribution < 1.29 is 4.74 Å². The predicted octanol–water partition coefficient (Wildman–Crippen LogP) is 4.26. The third-order valence-corrected chi connectivity index (χ3v) is 4.79. The van der Waals surface area contributed by atoms with Gasteiger partial charge in [0, 0.05) is 37.8 Å². The molecule has 1 saturated heterocycles. The van der Waals surface area contributed by atoms with Gasteiger partial charge >= 0.3 is 0 Å². The molecule has 3 heteroatoms. The lowest BCUT2D eigenvalue weighted by atomic mass is 9.80. The number of para-hydroxylation sites is 1. The normalized spacial score (nSPS) is 17.2. The van der Waals surface area contributed by atoms with Gasteiger partial charge in [0.2, 0.25) is 0 Å². The Balaban J connectivity index is 1.85. The first-order valence-electron chi connectivity index (χ1n) is 9.26. The fourth-order valence-electron chi connectivity index (χ4n) is 3.72. The predicted molar refractivity (Wildman–Crippen MR) is 104 cm³/mol. The first kappa shape index (κ1) is 18.0. The Bertz CT molecular complexity index is 657. The Morgan fingerprint density at radius 2 is 1.60 bits per heavy atom. The number of nitrogens with zero attached hydrogens (tertiary/aromatic N) is 1. The van der Waals surface area contributed by atoms with Crippen molar-refractivity contribution in [3.63, 3.8) is 0 Å². The smallest absolute Gasteiger partial charge is 0.124 e. The number of nitrogens with one attached hydrogen (secondary N) is 1. The highest BCUT2D eigenvalue weighted by molar-refractivity contribution is 5.37. The summed E-state index contributed by atoms with van der Waals surface area (Å²) in [4.78, 5) is 2.60. The molecular weight excluding hydrogens is 308 g/mol. The minimum Gasteiger partial charge on any atom is -0.489 e. The first-order chi connectivity index (χ1) is 12.1. The molecule has 1 N–H and O–H groups in total. The third-order valence-electron chi connectivity index (χ3n) is 4.79. The molecule has 1 aliphatic heterocycles. The number of piperazine rings is 1. The van der Waals surface area contributed by atoms with E-state index in [1.165, 1.54) is 11.1 Å². The van der Waals surface area contributed by atoms with Crippen LogP contribution >= 0.6 is 0 Å². The van der Waals surface area contributed by atoms with Crippen molar-refractivity contribution in [1.82, 2.24) is 10.2 Å². The fourth-order valence-corrected chi connectivity index (χ4v) is 3.72. The molecule has 0 unspecified atom stereocenters. The van der Waals surface area contributed by atoms with E-state index >= 15 is 0 Å². The Hall–Kier alpha value is -1.84. The lowest BCUT2D eigenvalue weighted by Crippen LogP contribution is -2.48. The zero-order chi connectivity index (χ0) is 17.7. The highest BCUT2D eigenvalue weighted by Gasteiger charge is 2.34. The van der Waals surface area contributed by atoms with Crippen molar-refractivity contribution in [1.29, 1.82) is 0 Å². The standard InChI is InChI=1S/C22H30N2O/c1-22(2,3)21(24-15-13-23-14-16-24)19-11-7-8-12-20(19)25-17-18-9-5-4-6-10-18/h4-12,21,23H,13-17H2,1-3H3/t21-/m1/s1. The summed E-state index contributed by atoms with van der Waals surface area (Å²) >= 11 is 0. The maximum atomic E-state index is 6.25. The molecule has 2 aromatic rings. The molecule has 3 rings (SSSR count). The van der Waals surface area contributed by atoms with Crippen molar-refractivity contribution in [3.8, 4) is 5.75 Å². The lowest BCUT2D eigenvalue weighted by molar-refractivity contribution is 0.0832. The van der Waals surface area contributed by atoms with Crippen LogP contribution in [-0.2, 0) is 6.61 Å². The summed E-state index contributed by atoms with van der Waals surface area (Å²) in [6.45, 7) is 11.9. The molecule has 0 aromatic heterocycles. The molecule has 134 valence electrons. The maximum Gasteiger partial charge on any atom is 0.124 e. The van der Waals surface area contributed by atoms with Gasteiger partial charge in [-0.05, 0) is 17.0 Å². The molecule has 0 spiro atoms. The van der Waals surface area contributed by atoms with Crippen LogP contribution in [0, 0.1) is 5.41 Å². The van der Waals surface area contributed by atoms with Crippen molar-refractivity contribution in [3.05, 3.63) is 65.7 Å². The van der Waals surface area contributed by atoms with Crippen LogP contribution in [0.25, 0.3) is 0 Å². The van der Waals surface area contributed by atoms with Crippen LogP contribution in [-0.4, -0.2) is 31.1 Å². The number of hydrogen-bond acceptors (Lipinski definition) is 3. The number of benzene rings is 2. The summed E-state index contributed by atoms with van der Waals surface area (Å²) < 4.78 is 6.25. The van der Waals surface area contributed by atoms with Gasteiger partial charge in [-0.3, -0.25) is 4.90 Å². The van der Waals surface area contributed by atoms with Gasteiger partial charge in [-0.25, -0.2) is 0 Å². The Morgan fingerprint density at radius 1 is 0.960 bits per heavy atom.